The molecule has 1 aliphatic carbocycles. The first-order chi connectivity index (χ1) is 6.37. The molecular formula is C10H17FO3. The second-order valence-corrected chi connectivity index (χ2v) is 4.50. The van der Waals surface area contributed by atoms with Crippen LogP contribution in [-0.2, 0) is 4.79 Å². The summed E-state index contributed by atoms with van der Waals surface area (Å²) >= 11 is 0. The van der Waals surface area contributed by atoms with E-state index in [0.717, 1.165) is 0 Å². The van der Waals surface area contributed by atoms with Crippen molar-refractivity contribution in [2.24, 2.45) is 11.8 Å². The van der Waals surface area contributed by atoms with Crippen LogP contribution >= 0.6 is 0 Å². The van der Waals surface area contributed by atoms with Gasteiger partial charge in [-0.05, 0) is 31.1 Å². The van der Waals surface area contributed by atoms with Crippen LogP contribution in [-0.4, -0.2) is 28.0 Å². The molecular weight excluding hydrogens is 187 g/mol. The van der Waals surface area contributed by atoms with E-state index in [1.807, 2.05) is 13.8 Å². The van der Waals surface area contributed by atoms with E-state index in [1.165, 1.54) is 0 Å². The van der Waals surface area contributed by atoms with Crippen LogP contribution in [0.1, 0.15) is 33.1 Å². The molecule has 0 aliphatic heterocycles. The normalized spacial score (nSPS) is 40.6. The van der Waals surface area contributed by atoms with Crippen molar-refractivity contribution in [3.05, 3.63) is 0 Å². The number of carbonyl (C=O) groups is 1. The summed E-state index contributed by atoms with van der Waals surface area (Å²) in [6.07, 6.45) is -0.989. The lowest BCUT2D eigenvalue weighted by atomic mass is 9.71. The van der Waals surface area contributed by atoms with Gasteiger partial charge in [-0.3, -0.25) is 0 Å². The summed E-state index contributed by atoms with van der Waals surface area (Å²) in [5, 5.41) is 18.4. The third-order valence-electron chi connectivity index (χ3n) is 3.37. The summed E-state index contributed by atoms with van der Waals surface area (Å²) in [5.74, 6) is -0.961. The van der Waals surface area contributed by atoms with E-state index in [4.69, 9.17) is 5.11 Å². The number of alkyl halides is 1. The fraction of sp³-hybridized carbons (Fsp3) is 0.900. The van der Waals surface area contributed by atoms with E-state index < -0.39 is 17.7 Å². The molecule has 0 aromatic rings. The highest BCUT2D eigenvalue weighted by atomic mass is 19.1. The number of hydrogen-bond acceptors (Lipinski definition) is 2. The van der Waals surface area contributed by atoms with Crippen molar-refractivity contribution >= 4 is 5.97 Å². The average Bonchev–Trinajstić information content (AvgIpc) is 2.11. The van der Waals surface area contributed by atoms with E-state index in [0.29, 0.717) is 12.3 Å². The number of aliphatic hydroxyl groups is 1. The smallest absolute Gasteiger partial charge is 0.341 e. The van der Waals surface area contributed by atoms with Gasteiger partial charge in [-0.1, -0.05) is 13.8 Å². The standard InChI is InChI=1S/C10H17FO3/c1-6-3-4-10(14,5-7(6)2)8(11)9(12)13/h6-8,14H,3-5H2,1-2H3,(H,12,13). The van der Waals surface area contributed by atoms with Crippen LogP contribution in [0.25, 0.3) is 0 Å². The summed E-state index contributed by atoms with van der Waals surface area (Å²) < 4.78 is 13.2. The Morgan fingerprint density at radius 1 is 1.50 bits per heavy atom. The zero-order chi connectivity index (χ0) is 10.9. The Hall–Kier alpha value is -0.640. The Bertz CT molecular complexity index is 231. The lowest BCUT2D eigenvalue weighted by Gasteiger charge is -2.39. The van der Waals surface area contributed by atoms with Crippen LogP contribution in [0.5, 0.6) is 0 Å². The van der Waals surface area contributed by atoms with E-state index in [9.17, 15) is 14.3 Å². The van der Waals surface area contributed by atoms with Gasteiger partial charge in [-0.25, -0.2) is 9.18 Å². The van der Waals surface area contributed by atoms with Crippen LogP contribution in [0.3, 0.4) is 0 Å². The molecule has 82 valence electrons. The molecule has 0 bridgehead atoms. The van der Waals surface area contributed by atoms with Crippen molar-refractivity contribution in [3.8, 4) is 0 Å². The van der Waals surface area contributed by atoms with Gasteiger partial charge in [-0.15, -0.1) is 0 Å². The molecule has 0 spiro atoms. The summed E-state index contributed by atoms with van der Waals surface area (Å²) in [6, 6.07) is 0. The molecule has 4 atom stereocenters. The maximum atomic E-state index is 13.2. The average molecular weight is 204 g/mol. The topological polar surface area (TPSA) is 57.5 Å². The zero-order valence-electron chi connectivity index (χ0n) is 8.53. The molecule has 0 amide bonds. The minimum atomic E-state index is -2.16. The minimum absolute atomic E-state index is 0.173. The van der Waals surface area contributed by atoms with Crippen LogP contribution in [0.2, 0.25) is 0 Å². The Morgan fingerprint density at radius 2 is 2.07 bits per heavy atom. The lowest BCUT2D eigenvalue weighted by Crippen LogP contribution is -2.48. The van der Waals surface area contributed by atoms with Gasteiger partial charge < -0.3 is 10.2 Å². The zero-order valence-corrected chi connectivity index (χ0v) is 8.53. The third-order valence-corrected chi connectivity index (χ3v) is 3.37. The molecule has 3 nitrogen and oxygen atoms in total. The maximum absolute atomic E-state index is 13.2. The highest BCUT2D eigenvalue weighted by Crippen LogP contribution is 2.39. The highest BCUT2D eigenvalue weighted by Gasteiger charge is 2.46. The fourth-order valence-electron chi connectivity index (χ4n) is 2.08. The van der Waals surface area contributed by atoms with Crippen molar-refractivity contribution in [2.45, 2.75) is 44.9 Å². The number of halogens is 1. The molecule has 1 saturated carbocycles. The molecule has 0 saturated heterocycles. The molecule has 1 rings (SSSR count). The van der Waals surface area contributed by atoms with Gasteiger partial charge in [-0.2, -0.15) is 0 Å². The molecule has 1 aliphatic rings. The first kappa shape index (κ1) is 11.4. The number of carboxylic acid groups (broad SMARTS) is 1. The van der Waals surface area contributed by atoms with Crippen molar-refractivity contribution < 1.29 is 19.4 Å². The molecule has 0 heterocycles. The predicted octanol–water partition coefficient (Wildman–Crippen LogP) is 1.60. The Kier molecular flexibility index (Phi) is 3.14. The predicted molar refractivity (Wildman–Crippen MR) is 49.7 cm³/mol. The molecule has 4 heteroatoms. The van der Waals surface area contributed by atoms with E-state index >= 15 is 0 Å². The van der Waals surface area contributed by atoms with Gasteiger partial charge in [0.2, 0.25) is 6.17 Å². The molecule has 0 radical (unpaired) electrons. The van der Waals surface area contributed by atoms with Gasteiger partial charge in [0.1, 0.15) is 5.60 Å². The number of carboxylic acids is 1. The van der Waals surface area contributed by atoms with E-state index in [1.54, 1.807) is 0 Å². The van der Waals surface area contributed by atoms with Crippen LogP contribution in [0.15, 0.2) is 0 Å². The summed E-state index contributed by atoms with van der Waals surface area (Å²) in [5.41, 5.74) is -1.65. The molecule has 2 N–H and O–H groups in total. The maximum Gasteiger partial charge on any atom is 0.341 e. The summed E-state index contributed by atoms with van der Waals surface area (Å²) in [6.45, 7) is 3.96. The highest BCUT2D eigenvalue weighted by molar-refractivity contribution is 5.73. The Labute approximate surface area is 82.9 Å². The second kappa shape index (κ2) is 3.85. The quantitative estimate of drug-likeness (QED) is 0.718. The first-order valence-corrected chi connectivity index (χ1v) is 4.96. The third kappa shape index (κ3) is 2.05. The van der Waals surface area contributed by atoms with E-state index in [2.05, 4.69) is 0 Å². The molecule has 1 fully saturated rings. The number of rotatable bonds is 2. The van der Waals surface area contributed by atoms with Gasteiger partial charge in [0.25, 0.3) is 0 Å². The van der Waals surface area contributed by atoms with Crippen LogP contribution < -0.4 is 0 Å². The Balaban J connectivity index is 2.71. The Morgan fingerprint density at radius 3 is 2.50 bits per heavy atom. The summed E-state index contributed by atoms with van der Waals surface area (Å²) in [7, 11) is 0. The molecule has 0 aromatic carbocycles. The first-order valence-electron chi connectivity index (χ1n) is 4.96. The lowest BCUT2D eigenvalue weighted by molar-refractivity contribution is -0.160. The summed E-state index contributed by atoms with van der Waals surface area (Å²) in [4.78, 5) is 10.5. The van der Waals surface area contributed by atoms with Crippen molar-refractivity contribution in [1.29, 1.82) is 0 Å². The van der Waals surface area contributed by atoms with Crippen molar-refractivity contribution in [2.75, 3.05) is 0 Å². The largest absolute Gasteiger partial charge is 0.479 e. The van der Waals surface area contributed by atoms with Gasteiger partial charge in [0.15, 0.2) is 0 Å². The SMILES string of the molecule is CC1CCC(O)(C(F)C(=O)O)CC1C. The fourth-order valence-corrected chi connectivity index (χ4v) is 2.08. The number of hydrogen-bond donors (Lipinski definition) is 2. The van der Waals surface area contributed by atoms with Gasteiger partial charge in [0, 0.05) is 0 Å². The molecule has 4 unspecified atom stereocenters. The van der Waals surface area contributed by atoms with Crippen LogP contribution in [0.4, 0.5) is 4.39 Å². The van der Waals surface area contributed by atoms with Gasteiger partial charge >= 0.3 is 5.97 Å². The minimum Gasteiger partial charge on any atom is -0.479 e. The van der Waals surface area contributed by atoms with Crippen molar-refractivity contribution in [1.82, 2.24) is 0 Å². The monoisotopic (exact) mass is 204 g/mol. The van der Waals surface area contributed by atoms with Crippen LogP contribution in [0, 0.1) is 11.8 Å². The van der Waals surface area contributed by atoms with Gasteiger partial charge in [0.05, 0.1) is 0 Å². The van der Waals surface area contributed by atoms with E-state index in [-0.39, 0.29) is 18.8 Å². The molecule has 14 heavy (non-hydrogen) atoms. The second-order valence-electron chi connectivity index (χ2n) is 4.50. The van der Waals surface area contributed by atoms with Crippen molar-refractivity contribution in [3.63, 3.8) is 0 Å². The molecule has 0 aromatic heterocycles. The number of aliphatic carboxylic acids is 1.